The van der Waals surface area contributed by atoms with Crippen LogP contribution in [0.25, 0.3) is 5.57 Å². The van der Waals surface area contributed by atoms with E-state index in [1.165, 1.54) is 0 Å². The average Bonchev–Trinajstić information content (AvgIpc) is 3.00. The van der Waals surface area contributed by atoms with Gasteiger partial charge in [-0.3, -0.25) is 29.1 Å². The highest BCUT2D eigenvalue weighted by Gasteiger charge is 2.56. The van der Waals surface area contributed by atoms with Crippen LogP contribution >= 0.6 is 0 Å². The lowest BCUT2D eigenvalue weighted by Crippen LogP contribution is -2.68. The van der Waals surface area contributed by atoms with E-state index in [9.17, 15) is 19.2 Å². The van der Waals surface area contributed by atoms with Crippen LogP contribution in [0.2, 0.25) is 0 Å². The molecule has 11 heteroatoms. The summed E-state index contributed by atoms with van der Waals surface area (Å²) in [5.74, 6) is -2.18. The fraction of sp³-hybridized carbons (Fsp3) is 0.718. The molecule has 1 aromatic heterocycles. The van der Waals surface area contributed by atoms with Gasteiger partial charge in [0.1, 0.15) is 12.7 Å². The Labute approximate surface area is 298 Å². The van der Waals surface area contributed by atoms with Gasteiger partial charge in [-0.15, -0.1) is 0 Å². The van der Waals surface area contributed by atoms with Gasteiger partial charge in [0.25, 0.3) is 0 Å². The van der Waals surface area contributed by atoms with Gasteiger partial charge >= 0.3 is 23.9 Å². The third-order valence-electron chi connectivity index (χ3n) is 8.62. The van der Waals surface area contributed by atoms with Crippen molar-refractivity contribution in [2.75, 3.05) is 13.2 Å². The first-order valence-electron chi connectivity index (χ1n) is 17.8. The Morgan fingerprint density at radius 3 is 1.78 bits per heavy atom. The first-order valence-corrected chi connectivity index (χ1v) is 17.8. The molecule has 0 N–H and O–H groups in total. The van der Waals surface area contributed by atoms with E-state index in [2.05, 4.69) is 22.9 Å². The van der Waals surface area contributed by atoms with E-state index in [0.717, 1.165) is 24.0 Å². The number of rotatable bonds is 9. The number of carbonyl (C=O) groups excluding carboxylic acids is 4. The SMILES string of the molecule is CCC[C@@H]1CC(c2cccnc2)=CCN1[C@@H]1O[C@H](COC(=O)C(C)(C)C)[C@H](OC(=O)C(C)(C)C)[C@H](OC(=O)C(C)(C)C)[C@H]1OC(=O)C(C)(C)C. The third kappa shape index (κ3) is 10.6. The van der Waals surface area contributed by atoms with Gasteiger partial charge in [0.05, 0.1) is 21.7 Å². The van der Waals surface area contributed by atoms with Gasteiger partial charge in [0, 0.05) is 25.0 Å². The molecule has 0 aromatic carbocycles. The molecule has 0 amide bonds. The Balaban J connectivity index is 2.23. The summed E-state index contributed by atoms with van der Waals surface area (Å²) in [5.41, 5.74) is -1.47. The molecule has 0 bridgehead atoms. The fourth-order valence-electron chi connectivity index (χ4n) is 5.49. The molecule has 11 nitrogen and oxygen atoms in total. The summed E-state index contributed by atoms with van der Waals surface area (Å²) in [4.78, 5) is 60.4. The average molecular weight is 701 g/mol. The van der Waals surface area contributed by atoms with Crippen LogP contribution in [0.3, 0.4) is 0 Å². The zero-order valence-corrected chi connectivity index (χ0v) is 32.5. The van der Waals surface area contributed by atoms with Crippen LogP contribution in [0.5, 0.6) is 0 Å². The smallest absolute Gasteiger partial charge is 0.311 e. The molecule has 0 spiro atoms. The van der Waals surface area contributed by atoms with Crippen LogP contribution in [0.4, 0.5) is 0 Å². The van der Waals surface area contributed by atoms with Crippen molar-refractivity contribution in [1.29, 1.82) is 0 Å². The van der Waals surface area contributed by atoms with Gasteiger partial charge < -0.3 is 23.7 Å². The summed E-state index contributed by atoms with van der Waals surface area (Å²) >= 11 is 0. The van der Waals surface area contributed by atoms with Crippen LogP contribution in [0, 0.1) is 21.7 Å². The van der Waals surface area contributed by atoms with E-state index in [-0.39, 0.29) is 12.6 Å². The van der Waals surface area contributed by atoms with E-state index in [1.807, 2.05) is 18.3 Å². The molecule has 280 valence electrons. The van der Waals surface area contributed by atoms with Crippen molar-refractivity contribution >= 4 is 29.5 Å². The second kappa shape index (κ2) is 15.9. The van der Waals surface area contributed by atoms with E-state index < -0.39 is 76.2 Å². The van der Waals surface area contributed by atoms with Gasteiger partial charge in [-0.2, -0.15) is 0 Å². The number of ether oxygens (including phenoxy) is 5. The number of carbonyl (C=O) groups is 4. The van der Waals surface area contributed by atoms with Gasteiger partial charge in [0.2, 0.25) is 0 Å². The zero-order chi connectivity index (χ0) is 37.8. The summed E-state index contributed by atoms with van der Waals surface area (Å²) in [6.07, 6.45) is 2.21. The van der Waals surface area contributed by atoms with Gasteiger partial charge in [-0.1, -0.05) is 25.5 Å². The van der Waals surface area contributed by atoms with Gasteiger partial charge in [0.15, 0.2) is 24.5 Å². The molecule has 3 rings (SSSR count). The van der Waals surface area contributed by atoms with E-state index in [4.69, 9.17) is 23.7 Å². The van der Waals surface area contributed by atoms with Crippen molar-refractivity contribution in [3.05, 3.63) is 36.2 Å². The summed E-state index contributed by atoms with van der Waals surface area (Å²) < 4.78 is 31.3. The first kappa shape index (κ1) is 41.1. The number of aromatic nitrogens is 1. The summed E-state index contributed by atoms with van der Waals surface area (Å²) in [6.45, 7) is 22.9. The monoisotopic (exact) mass is 700 g/mol. The van der Waals surface area contributed by atoms with Crippen LogP contribution in [-0.4, -0.2) is 83.6 Å². The van der Waals surface area contributed by atoms with Crippen molar-refractivity contribution in [3.8, 4) is 0 Å². The van der Waals surface area contributed by atoms with Crippen molar-refractivity contribution in [2.45, 2.75) is 146 Å². The van der Waals surface area contributed by atoms with Crippen molar-refractivity contribution < 1.29 is 42.9 Å². The van der Waals surface area contributed by atoms with Crippen LogP contribution in [-0.2, 0) is 42.9 Å². The Morgan fingerprint density at radius 1 is 0.780 bits per heavy atom. The molecule has 0 radical (unpaired) electrons. The molecule has 0 unspecified atom stereocenters. The number of hydrogen-bond donors (Lipinski definition) is 0. The Hall–Kier alpha value is -3.31. The lowest BCUT2D eigenvalue weighted by atomic mass is 9.89. The molecule has 0 aliphatic carbocycles. The van der Waals surface area contributed by atoms with Crippen LogP contribution in [0.15, 0.2) is 30.6 Å². The molecule has 2 aliphatic heterocycles. The topological polar surface area (TPSA) is 131 Å². The van der Waals surface area contributed by atoms with Crippen LogP contribution in [0.1, 0.15) is 115 Å². The predicted molar refractivity (Wildman–Crippen MR) is 189 cm³/mol. The maximum atomic E-state index is 13.7. The fourth-order valence-corrected chi connectivity index (χ4v) is 5.49. The molecule has 3 heterocycles. The highest BCUT2D eigenvalue weighted by molar-refractivity contribution is 5.78. The molecular formula is C39H60N2O9. The minimum Gasteiger partial charge on any atom is -0.462 e. The lowest BCUT2D eigenvalue weighted by Gasteiger charge is -2.51. The number of hydrogen-bond acceptors (Lipinski definition) is 11. The Kier molecular flexibility index (Phi) is 13.1. The quantitative estimate of drug-likeness (QED) is 0.206. The molecule has 50 heavy (non-hydrogen) atoms. The Morgan fingerprint density at radius 2 is 1.30 bits per heavy atom. The zero-order valence-electron chi connectivity index (χ0n) is 32.5. The number of esters is 4. The number of pyridine rings is 1. The van der Waals surface area contributed by atoms with Gasteiger partial charge in [-0.25, -0.2) is 0 Å². The summed E-state index contributed by atoms with van der Waals surface area (Å²) in [6, 6.07) is 3.87. The van der Waals surface area contributed by atoms with Crippen molar-refractivity contribution in [3.63, 3.8) is 0 Å². The molecule has 1 aromatic rings. The highest BCUT2D eigenvalue weighted by Crippen LogP contribution is 2.38. The molecule has 2 aliphatic rings. The molecule has 1 saturated heterocycles. The van der Waals surface area contributed by atoms with Gasteiger partial charge in [-0.05, 0) is 113 Å². The largest absolute Gasteiger partial charge is 0.462 e. The highest BCUT2D eigenvalue weighted by atomic mass is 16.7. The second-order valence-corrected chi connectivity index (χ2v) is 17.6. The Bertz CT molecular complexity index is 1380. The molecule has 6 atom stereocenters. The third-order valence-corrected chi connectivity index (χ3v) is 8.62. The van der Waals surface area contributed by atoms with Crippen molar-refractivity contribution in [2.24, 2.45) is 21.7 Å². The normalized spacial score (nSPS) is 25.3. The van der Waals surface area contributed by atoms with E-state index in [0.29, 0.717) is 13.0 Å². The number of nitrogens with zero attached hydrogens (tertiary/aromatic N) is 2. The maximum absolute atomic E-state index is 13.7. The lowest BCUT2D eigenvalue weighted by molar-refractivity contribution is -0.287. The maximum Gasteiger partial charge on any atom is 0.311 e. The first-order chi connectivity index (χ1) is 22.9. The molecule has 0 saturated carbocycles. The van der Waals surface area contributed by atoms with E-state index in [1.54, 1.807) is 89.3 Å². The van der Waals surface area contributed by atoms with E-state index >= 15 is 0 Å². The minimum atomic E-state index is -1.29. The molecular weight excluding hydrogens is 640 g/mol. The standard InChI is InChI=1S/C39H60N2O9/c1-14-16-26-21-24(25-17-15-19-40-22-25)18-20-41(26)31-30(50-35(45)39(11,12)13)29(49-34(44)38(8,9)10)28(48-33(43)37(5,6)7)27(47-31)23-46-32(42)36(2,3)4/h15,17-19,22,26-31H,14,16,20-21,23H2,1-13H3/t26-,27-,28+,29+,30-,31-/m1/s1. The predicted octanol–water partition coefficient (Wildman–Crippen LogP) is 6.53. The second-order valence-electron chi connectivity index (χ2n) is 17.6. The molecule has 1 fully saturated rings. The van der Waals surface area contributed by atoms with Crippen molar-refractivity contribution in [1.82, 2.24) is 9.88 Å². The minimum absolute atomic E-state index is 0.0635. The van der Waals surface area contributed by atoms with Crippen LogP contribution < -0.4 is 0 Å². The summed E-state index contributed by atoms with van der Waals surface area (Å²) in [7, 11) is 0. The summed E-state index contributed by atoms with van der Waals surface area (Å²) in [5, 5.41) is 0.